The van der Waals surface area contributed by atoms with Crippen molar-refractivity contribution in [3.63, 3.8) is 0 Å². The predicted molar refractivity (Wildman–Crippen MR) is 156 cm³/mol. The first-order valence-corrected chi connectivity index (χ1v) is 16.1. The lowest BCUT2D eigenvalue weighted by Crippen LogP contribution is -2.41. The molecule has 0 spiro atoms. The number of hydrogen-bond acceptors (Lipinski definition) is 4. The smallest absolute Gasteiger partial charge is 0.0635 e. The second-order valence-corrected chi connectivity index (χ2v) is 11.2. The van der Waals surface area contributed by atoms with Gasteiger partial charge in [-0.2, -0.15) is 0 Å². The molecule has 0 aliphatic heterocycles. The minimum Gasteiger partial charge on any atom is -0.396 e. The van der Waals surface area contributed by atoms with Crippen molar-refractivity contribution in [3.05, 3.63) is 0 Å². The van der Waals surface area contributed by atoms with Crippen molar-refractivity contribution in [3.8, 4) is 0 Å². The zero-order valence-corrected chi connectivity index (χ0v) is 25.0. The van der Waals surface area contributed by atoms with E-state index in [9.17, 15) is 5.11 Å². The molecule has 1 N–H and O–H groups in total. The van der Waals surface area contributed by atoms with Gasteiger partial charge in [-0.1, -0.05) is 136 Å². The number of unbranched alkanes of at least 4 members (excludes halogenated alkanes) is 18. The average Bonchev–Trinajstić information content (AvgIpc) is 2.89. The quantitative estimate of drug-likeness (QED) is 0.0936. The average molecular weight is 515 g/mol. The van der Waals surface area contributed by atoms with Crippen molar-refractivity contribution >= 4 is 0 Å². The molecule has 0 bridgehead atoms. The summed E-state index contributed by atoms with van der Waals surface area (Å²) in [6.07, 6.45) is 27.0. The molecule has 0 aliphatic carbocycles. The molecular formula is C32H66O4. The molecular weight excluding hydrogens is 448 g/mol. The normalized spacial score (nSPS) is 12.0. The van der Waals surface area contributed by atoms with E-state index in [0.29, 0.717) is 19.8 Å². The van der Waals surface area contributed by atoms with Crippen LogP contribution in [0, 0.1) is 5.41 Å². The zero-order chi connectivity index (χ0) is 26.4. The van der Waals surface area contributed by atoms with E-state index in [1.54, 1.807) is 0 Å². The Morgan fingerprint density at radius 3 is 0.889 bits per heavy atom. The number of rotatable bonds is 31. The van der Waals surface area contributed by atoms with Crippen LogP contribution in [0.1, 0.15) is 156 Å². The monoisotopic (exact) mass is 514 g/mol. The molecule has 218 valence electrons. The summed E-state index contributed by atoms with van der Waals surface area (Å²) in [5.74, 6) is 0. The third kappa shape index (κ3) is 24.2. The van der Waals surface area contributed by atoms with Crippen molar-refractivity contribution in [2.24, 2.45) is 5.41 Å². The van der Waals surface area contributed by atoms with E-state index in [0.717, 1.165) is 39.1 Å². The highest BCUT2D eigenvalue weighted by atomic mass is 16.5. The summed E-state index contributed by atoms with van der Waals surface area (Å²) in [4.78, 5) is 0. The summed E-state index contributed by atoms with van der Waals surface area (Å²) in [5.41, 5.74) is -0.441. The van der Waals surface area contributed by atoms with Gasteiger partial charge in [-0.15, -0.1) is 0 Å². The van der Waals surface area contributed by atoms with Gasteiger partial charge in [0.25, 0.3) is 0 Å². The molecule has 0 rings (SSSR count). The Balaban J connectivity index is 4.22. The first kappa shape index (κ1) is 35.8. The first-order chi connectivity index (χ1) is 17.7. The van der Waals surface area contributed by atoms with Crippen LogP contribution in [0.3, 0.4) is 0 Å². The molecule has 0 saturated heterocycles. The van der Waals surface area contributed by atoms with Crippen LogP contribution in [-0.4, -0.2) is 51.4 Å². The van der Waals surface area contributed by atoms with Gasteiger partial charge in [-0.05, 0) is 19.3 Å². The molecule has 0 radical (unpaired) electrons. The van der Waals surface area contributed by atoms with Gasteiger partial charge in [-0.3, -0.25) is 0 Å². The highest BCUT2D eigenvalue weighted by Crippen LogP contribution is 2.20. The summed E-state index contributed by atoms with van der Waals surface area (Å²) in [7, 11) is 0. The molecule has 4 heteroatoms. The molecule has 0 fully saturated rings. The fraction of sp³-hybridized carbons (Fsp3) is 1.00. The van der Waals surface area contributed by atoms with Gasteiger partial charge in [0.15, 0.2) is 0 Å². The molecule has 0 aliphatic rings. The molecule has 4 nitrogen and oxygen atoms in total. The van der Waals surface area contributed by atoms with Crippen LogP contribution in [0.5, 0.6) is 0 Å². The van der Waals surface area contributed by atoms with Gasteiger partial charge in [0.1, 0.15) is 0 Å². The van der Waals surface area contributed by atoms with E-state index in [1.807, 2.05) is 0 Å². The number of aliphatic hydroxyl groups is 1. The van der Waals surface area contributed by atoms with Crippen LogP contribution >= 0.6 is 0 Å². The minimum atomic E-state index is -0.441. The van der Waals surface area contributed by atoms with Crippen LogP contribution in [-0.2, 0) is 14.2 Å². The Labute approximate surface area is 226 Å². The number of ether oxygens (including phenoxy) is 3. The maximum Gasteiger partial charge on any atom is 0.0635 e. The van der Waals surface area contributed by atoms with Crippen molar-refractivity contribution < 1.29 is 19.3 Å². The fourth-order valence-electron chi connectivity index (χ4n) is 4.61. The van der Waals surface area contributed by atoms with Crippen molar-refractivity contribution in [1.82, 2.24) is 0 Å². The summed E-state index contributed by atoms with van der Waals surface area (Å²) < 4.78 is 18.2. The molecule has 0 aromatic heterocycles. The van der Waals surface area contributed by atoms with Crippen LogP contribution in [0.25, 0.3) is 0 Å². The highest BCUT2D eigenvalue weighted by molar-refractivity contribution is 4.78. The Kier molecular flexibility index (Phi) is 29.3. The topological polar surface area (TPSA) is 47.9 Å². The maximum atomic E-state index is 10.3. The third-order valence-corrected chi connectivity index (χ3v) is 7.24. The molecule has 0 heterocycles. The van der Waals surface area contributed by atoms with Crippen LogP contribution in [0.2, 0.25) is 0 Å². The standard InChI is InChI=1S/C32H66O4/c1-4-7-10-13-16-19-22-25-34-29-32(28-33,30-35-26-23-20-17-14-11-8-5-2)31-36-27-24-21-18-15-12-9-6-3/h33H,4-31H2,1-3H3. The lowest BCUT2D eigenvalue weighted by molar-refractivity contribution is -0.0937. The Hall–Kier alpha value is -0.160. The number of aliphatic hydroxyl groups excluding tert-OH is 1. The van der Waals surface area contributed by atoms with E-state index in [2.05, 4.69) is 20.8 Å². The second kappa shape index (κ2) is 29.4. The van der Waals surface area contributed by atoms with Crippen molar-refractivity contribution in [2.75, 3.05) is 46.2 Å². The summed E-state index contributed by atoms with van der Waals surface area (Å²) in [6, 6.07) is 0. The molecule has 36 heavy (non-hydrogen) atoms. The van der Waals surface area contributed by atoms with Crippen LogP contribution < -0.4 is 0 Å². The largest absolute Gasteiger partial charge is 0.396 e. The van der Waals surface area contributed by atoms with Gasteiger partial charge in [-0.25, -0.2) is 0 Å². The Morgan fingerprint density at radius 2 is 0.639 bits per heavy atom. The molecule has 0 unspecified atom stereocenters. The number of hydrogen-bond donors (Lipinski definition) is 1. The Morgan fingerprint density at radius 1 is 0.389 bits per heavy atom. The van der Waals surface area contributed by atoms with Crippen LogP contribution in [0.4, 0.5) is 0 Å². The SMILES string of the molecule is CCCCCCCCCOCC(CO)(COCCCCCCCCC)COCCCCCCCCC. The molecule has 0 saturated carbocycles. The van der Waals surface area contributed by atoms with E-state index < -0.39 is 5.41 Å². The van der Waals surface area contributed by atoms with Gasteiger partial charge in [0, 0.05) is 19.8 Å². The van der Waals surface area contributed by atoms with Gasteiger partial charge in [0.2, 0.25) is 0 Å². The summed E-state index contributed by atoms with van der Waals surface area (Å²) in [6.45, 7) is 10.7. The summed E-state index contributed by atoms with van der Waals surface area (Å²) in [5, 5.41) is 10.3. The molecule has 0 atom stereocenters. The van der Waals surface area contributed by atoms with E-state index in [1.165, 1.54) is 116 Å². The maximum absolute atomic E-state index is 10.3. The lowest BCUT2D eigenvalue weighted by Gasteiger charge is -2.31. The van der Waals surface area contributed by atoms with Gasteiger partial charge >= 0.3 is 0 Å². The predicted octanol–water partition coefficient (Wildman–Crippen LogP) is 9.27. The van der Waals surface area contributed by atoms with Crippen LogP contribution in [0.15, 0.2) is 0 Å². The van der Waals surface area contributed by atoms with E-state index in [4.69, 9.17) is 14.2 Å². The summed E-state index contributed by atoms with van der Waals surface area (Å²) >= 11 is 0. The Bertz CT molecular complexity index is 347. The fourth-order valence-corrected chi connectivity index (χ4v) is 4.61. The first-order valence-electron chi connectivity index (χ1n) is 16.1. The highest BCUT2D eigenvalue weighted by Gasteiger charge is 2.31. The molecule has 0 aromatic carbocycles. The van der Waals surface area contributed by atoms with Gasteiger partial charge in [0.05, 0.1) is 31.8 Å². The van der Waals surface area contributed by atoms with E-state index in [-0.39, 0.29) is 6.61 Å². The van der Waals surface area contributed by atoms with Gasteiger partial charge < -0.3 is 19.3 Å². The molecule has 0 aromatic rings. The van der Waals surface area contributed by atoms with E-state index >= 15 is 0 Å². The van der Waals surface area contributed by atoms with Crippen molar-refractivity contribution in [1.29, 1.82) is 0 Å². The van der Waals surface area contributed by atoms with Crippen molar-refractivity contribution in [2.45, 2.75) is 156 Å². The zero-order valence-electron chi connectivity index (χ0n) is 25.0. The second-order valence-electron chi connectivity index (χ2n) is 11.2. The third-order valence-electron chi connectivity index (χ3n) is 7.24. The molecule has 0 amide bonds. The minimum absolute atomic E-state index is 0.0536. The lowest BCUT2D eigenvalue weighted by atomic mass is 9.92.